The number of rotatable bonds is 9. The Kier molecular flexibility index (Phi) is 7.61. The number of hydrogen-bond donors (Lipinski definition) is 2. The summed E-state index contributed by atoms with van der Waals surface area (Å²) in [5, 5.41) is 6.08. The highest BCUT2D eigenvalue weighted by atomic mass is 16.5. The highest BCUT2D eigenvalue weighted by Crippen LogP contribution is 2.14. The first-order chi connectivity index (χ1) is 12.6. The second kappa shape index (κ2) is 10.2. The second-order valence-electron chi connectivity index (χ2n) is 5.85. The molecular formula is C20H25N3O3. The van der Waals surface area contributed by atoms with Gasteiger partial charge in [-0.15, -0.1) is 0 Å². The predicted octanol–water partition coefficient (Wildman–Crippen LogP) is 4.11. The highest BCUT2D eigenvalue weighted by Gasteiger charge is 2.09. The van der Waals surface area contributed by atoms with Crippen molar-refractivity contribution in [2.45, 2.75) is 33.1 Å². The van der Waals surface area contributed by atoms with E-state index >= 15 is 0 Å². The number of amides is 1. The number of ether oxygens (including phenoxy) is 1. The second-order valence-corrected chi connectivity index (χ2v) is 5.85. The summed E-state index contributed by atoms with van der Waals surface area (Å²) in [7, 11) is 0. The third kappa shape index (κ3) is 5.88. The quantitative estimate of drug-likeness (QED) is 0.522. The number of carbonyl (C=O) groups excluding carboxylic acids is 2. The summed E-state index contributed by atoms with van der Waals surface area (Å²) >= 11 is 0. The molecule has 0 aliphatic heterocycles. The lowest BCUT2D eigenvalue weighted by molar-refractivity contribution is 0.0526. The SMILES string of the molecule is CCCCCNc1cncc(C(=O)Nc2ccc(C(=O)OCC)cc2)c1. The molecule has 0 atom stereocenters. The third-order valence-corrected chi connectivity index (χ3v) is 3.76. The van der Waals surface area contributed by atoms with Crippen LogP contribution in [0.25, 0.3) is 0 Å². The van der Waals surface area contributed by atoms with E-state index in [0.717, 1.165) is 25.1 Å². The molecule has 1 heterocycles. The minimum Gasteiger partial charge on any atom is -0.462 e. The van der Waals surface area contributed by atoms with Crippen LogP contribution in [0, 0.1) is 0 Å². The number of nitrogens with one attached hydrogen (secondary N) is 2. The van der Waals surface area contributed by atoms with Crippen molar-refractivity contribution in [1.29, 1.82) is 0 Å². The molecule has 0 aliphatic carbocycles. The summed E-state index contributed by atoms with van der Waals surface area (Å²) in [6.45, 7) is 5.10. The lowest BCUT2D eigenvalue weighted by atomic mass is 10.2. The number of unbranched alkanes of at least 4 members (excludes halogenated alkanes) is 2. The average molecular weight is 355 g/mol. The van der Waals surface area contributed by atoms with Crippen molar-refractivity contribution in [2.75, 3.05) is 23.8 Å². The zero-order valence-corrected chi connectivity index (χ0v) is 15.2. The molecule has 0 unspecified atom stereocenters. The molecular weight excluding hydrogens is 330 g/mol. The molecule has 6 nitrogen and oxygen atoms in total. The van der Waals surface area contributed by atoms with Crippen LogP contribution >= 0.6 is 0 Å². The summed E-state index contributed by atoms with van der Waals surface area (Å²) in [5.74, 6) is -0.630. The van der Waals surface area contributed by atoms with Crippen molar-refractivity contribution < 1.29 is 14.3 Å². The molecule has 0 spiro atoms. The van der Waals surface area contributed by atoms with Gasteiger partial charge < -0.3 is 15.4 Å². The molecule has 0 saturated carbocycles. The van der Waals surface area contributed by atoms with Gasteiger partial charge in [0, 0.05) is 24.6 Å². The van der Waals surface area contributed by atoms with E-state index < -0.39 is 0 Å². The summed E-state index contributed by atoms with van der Waals surface area (Å²) in [5.41, 5.74) is 2.35. The monoisotopic (exact) mass is 355 g/mol. The van der Waals surface area contributed by atoms with Gasteiger partial charge in [0.25, 0.3) is 5.91 Å². The van der Waals surface area contributed by atoms with Gasteiger partial charge in [-0.05, 0) is 43.7 Å². The molecule has 2 rings (SSSR count). The van der Waals surface area contributed by atoms with E-state index in [-0.39, 0.29) is 11.9 Å². The predicted molar refractivity (Wildman–Crippen MR) is 103 cm³/mol. The number of pyridine rings is 1. The molecule has 1 amide bonds. The van der Waals surface area contributed by atoms with E-state index in [0.29, 0.717) is 23.4 Å². The van der Waals surface area contributed by atoms with E-state index in [4.69, 9.17) is 4.74 Å². The molecule has 1 aromatic carbocycles. The Hall–Kier alpha value is -2.89. The zero-order chi connectivity index (χ0) is 18.8. The first-order valence-corrected chi connectivity index (χ1v) is 8.91. The Morgan fingerprint density at radius 1 is 1.00 bits per heavy atom. The van der Waals surface area contributed by atoms with Crippen molar-refractivity contribution in [1.82, 2.24) is 4.98 Å². The van der Waals surface area contributed by atoms with Gasteiger partial charge in [-0.25, -0.2) is 4.79 Å². The molecule has 0 radical (unpaired) electrons. The number of benzene rings is 1. The number of hydrogen-bond acceptors (Lipinski definition) is 5. The van der Waals surface area contributed by atoms with Crippen molar-refractivity contribution in [3.63, 3.8) is 0 Å². The zero-order valence-electron chi connectivity index (χ0n) is 15.2. The Morgan fingerprint density at radius 3 is 2.46 bits per heavy atom. The topological polar surface area (TPSA) is 80.3 Å². The van der Waals surface area contributed by atoms with E-state index in [1.807, 2.05) is 0 Å². The van der Waals surface area contributed by atoms with Crippen LogP contribution in [0.3, 0.4) is 0 Å². The molecule has 138 valence electrons. The maximum atomic E-state index is 12.4. The minimum absolute atomic E-state index is 0.251. The summed E-state index contributed by atoms with van der Waals surface area (Å²) < 4.78 is 4.94. The first-order valence-electron chi connectivity index (χ1n) is 8.91. The van der Waals surface area contributed by atoms with E-state index in [1.165, 1.54) is 12.6 Å². The molecule has 0 aliphatic rings. The average Bonchev–Trinajstić information content (AvgIpc) is 2.66. The van der Waals surface area contributed by atoms with Crippen LogP contribution in [0.1, 0.15) is 53.8 Å². The standard InChI is InChI=1S/C20H25N3O3/c1-3-5-6-11-22-18-12-16(13-21-14-18)19(24)23-17-9-7-15(8-10-17)20(25)26-4-2/h7-10,12-14,22H,3-6,11H2,1-2H3,(H,23,24). The maximum Gasteiger partial charge on any atom is 0.338 e. The lowest BCUT2D eigenvalue weighted by Gasteiger charge is -2.09. The van der Waals surface area contributed by atoms with Crippen LogP contribution in [0.15, 0.2) is 42.7 Å². The van der Waals surface area contributed by atoms with Gasteiger partial charge in [-0.2, -0.15) is 0 Å². The van der Waals surface area contributed by atoms with Gasteiger partial charge in [-0.3, -0.25) is 9.78 Å². The molecule has 0 bridgehead atoms. The fourth-order valence-electron chi connectivity index (χ4n) is 2.38. The van der Waals surface area contributed by atoms with Crippen molar-refractivity contribution >= 4 is 23.3 Å². The van der Waals surface area contributed by atoms with Crippen LogP contribution < -0.4 is 10.6 Å². The van der Waals surface area contributed by atoms with Gasteiger partial charge in [0.1, 0.15) is 0 Å². The Bertz CT molecular complexity index is 729. The van der Waals surface area contributed by atoms with Crippen molar-refractivity contribution in [2.24, 2.45) is 0 Å². The van der Waals surface area contributed by atoms with Crippen molar-refractivity contribution in [3.05, 3.63) is 53.9 Å². The first kappa shape index (κ1) is 19.4. The largest absolute Gasteiger partial charge is 0.462 e. The van der Waals surface area contributed by atoms with Gasteiger partial charge in [0.15, 0.2) is 0 Å². The maximum absolute atomic E-state index is 12.4. The van der Waals surface area contributed by atoms with Crippen LogP contribution in [-0.2, 0) is 4.74 Å². The van der Waals surface area contributed by atoms with Gasteiger partial charge in [-0.1, -0.05) is 19.8 Å². The Morgan fingerprint density at radius 2 is 1.77 bits per heavy atom. The van der Waals surface area contributed by atoms with E-state index in [9.17, 15) is 9.59 Å². The van der Waals surface area contributed by atoms with Gasteiger partial charge in [0.05, 0.1) is 23.4 Å². The van der Waals surface area contributed by atoms with E-state index in [1.54, 1.807) is 43.5 Å². The van der Waals surface area contributed by atoms with Crippen LogP contribution in [0.2, 0.25) is 0 Å². The minimum atomic E-state index is -0.378. The molecule has 26 heavy (non-hydrogen) atoms. The van der Waals surface area contributed by atoms with E-state index in [2.05, 4.69) is 22.5 Å². The fraction of sp³-hybridized carbons (Fsp3) is 0.350. The highest BCUT2D eigenvalue weighted by molar-refractivity contribution is 6.04. The molecule has 2 N–H and O–H groups in total. The lowest BCUT2D eigenvalue weighted by Crippen LogP contribution is -2.13. The van der Waals surface area contributed by atoms with Crippen LogP contribution in [0.5, 0.6) is 0 Å². The Balaban J connectivity index is 1.95. The number of aromatic nitrogens is 1. The summed E-state index contributed by atoms with van der Waals surface area (Å²) in [4.78, 5) is 28.2. The van der Waals surface area contributed by atoms with Gasteiger partial charge in [0.2, 0.25) is 0 Å². The molecule has 0 saturated heterocycles. The smallest absolute Gasteiger partial charge is 0.338 e. The molecule has 1 aromatic heterocycles. The van der Waals surface area contributed by atoms with Crippen LogP contribution in [0.4, 0.5) is 11.4 Å². The van der Waals surface area contributed by atoms with Crippen LogP contribution in [-0.4, -0.2) is 30.0 Å². The number of anilines is 2. The number of carbonyl (C=O) groups is 2. The third-order valence-electron chi connectivity index (χ3n) is 3.76. The summed E-state index contributed by atoms with van der Waals surface area (Å²) in [6, 6.07) is 8.37. The molecule has 6 heteroatoms. The fourth-order valence-corrected chi connectivity index (χ4v) is 2.38. The van der Waals surface area contributed by atoms with Crippen molar-refractivity contribution in [3.8, 4) is 0 Å². The normalized spacial score (nSPS) is 10.2. The number of nitrogens with zero attached hydrogens (tertiary/aromatic N) is 1. The molecule has 2 aromatic rings. The van der Waals surface area contributed by atoms with Gasteiger partial charge >= 0.3 is 5.97 Å². The Labute approximate surface area is 154 Å². The number of esters is 1. The summed E-state index contributed by atoms with van der Waals surface area (Å²) in [6.07, 6.45) is 6.65. The molecule has 0 fully saturated rings.